The number of carboxylic acid groups (broad SMARTS) is 1. The fourth-order valence-electron chi connectivity index (χ4n) is 2.01. The van der Waals surface area contributed by atoms with Crippen molar-refractivity contribution in [3.8, 4) is 0 Å². The second kappa shape index (κ2) is 7.39. The van der Waals surface area contributed by atoms with Crippen molar-refractivity contribution >= 4 is 23.5 Å². The van der Waals surface area contributed by atoms with E-state index in [1.54, 1.807) is 32.2 Å². The number of benzene rings is 1. The van der Waals surface area contributed by atoms with Gasteiger partial charge < -0.3 is 16.2 Å². The maximum absolute atomic E-state index is 11.9. The average molecular weight is 293 g/mol. The summed E-state index contributed by atoms with van der Waals surface area (Å²) in [6.45, 7) is 1.63. The number of likely N-dealkylation sites (N-methyl/N-ethyl adjacent to an activating group) is 1. The minimum Gasteiger partial charge on any atom is -0.480 e. The molecular weight excluding hydrogens is 274 g/mol. The lowest BCUT2D eigenvalue weighted by atomic mass is 10.1. The highest BCUT2D eigenvalue weighted by Crippen LogP contribution is 2.14. The molecule has 1 aromatic carbocycles. The minimum absolute atomic E-state index is 0.0993. The first kappa shape index (κ1) is 16.6. The van der Waals surface area contributed by atoms with Crippen molar-refractivity contribution < 1.29 is 19.5 Å². The summed E-state index contributed by atoms with van der Waals surface area (Å²) >= 11 is 0. The zero-order valence-electron chi connectivity index (χ0n) is 12.0. The molecule has 0 bridgehead atoms. The molecule has 0 aromatic heterocycles. The number of aliphatic carboxylic acids is 1. The van der Waals surface area contributed by atoms with Gasteiger partial charge >= 0.3 is 5.97 Å². The molecule has 21 heavy (non-hydrogen) atoms. The van der Waals surface area contributed by atoms with E-state index in [-0.39, 0.29) is 12.1 Å². The summed E-state index contributed by atoms with van der Waals surface area (Å²) in [5, 5.41) is 11.6. The van der Waals surface area contributed by atoms with E-state index in [2.05, 4.69) is 5.32 Å². The first-order valence-corrected chi connectivity index (χ1v) is 6.48. The molecule has 0 aliphatic carbocycles. The number of carboxylic acids is 1. The zero-order chi connectivity index (χ0) is 16.0. The molecule has 4 N–H and O–H groups in total. The van der Waals surface area contributed by atoms with Crippen LogP contribution in [0.2, 0.25) is 0 Å². The van der Waals surface area contributed by atoms with E-state index in [1.165, 1.54) is 11.0 Å². The van der Waals surface area contributed by atoms with Crippen molar-refractivity contribution in [3.05, 3.63) is 29.8 Å². The number of nitrogens with one attached hydrogen (secondary N) is 1. The number of carbonyl (C=O) groups is 3. The Hall–Kier alpha value is -2.41. The maximum atomic E-state index is 11.9. The Morgan fingerprint density at radius 1 is 1.33 bits per heavy atom. The summed E-state index contributed by atoms with van der Waals surface area (Å²) < 4.78 is 0. The number of hydrogen-bond donors (Lipinski definition) is 3. The van der Waals surface area contributed by atoms with Crippen LogP contribution in [-0.2, 0) is 9.59 Å². The average Bonchev–Trinajstić information content (AvgIpc) is 2.38. The van der Waals surface area contributed by atoms with E-state index in [1.807, 2.05) is 0 Å². The van der Waals surface area contributed by atoms with E-state index in [0.717, 1.165) is 0 Å². The van der Waals surface area contributed by atoms with Gasteiger partial charge in [0, 0.05) is 0 Å². The van der Waals surface area contributed by atoms with Gasteiger partial charge in [-0.3, -0.25) is 19.3 Å². The molecule has 2 amide bonds. The summed E-state index contributed by atoms with van der Waals surface area (Å²) in [6, 6.07) is 5.64. The van der Waals surface area contributed by atoms with Crippen LogP contribution < -0.4 is 11.1 Å². The van der Waals surface area contributed by atoms with E-state index in [9.17, 15) is 14.4 Å². The highest BCUT2D eigenvalue weighted by molar-refractivity contribution is 6.03. The van der Waals surface area contributed by atoms with Crippen LogP contribution in [0.15, 0.2) is 24.3 Å². The SMILES string of the molecule is CCC(C(=O)O)N(C)CC(=O)Nc1ccccc1C(N)=O. The highest BCUT2D eigenvalue weighted by atomic mass is 16.4. The molecule has 1 atom stereocenters. The van der Waals surface area contributed by atoms with Gasteiger partial charge in [0.25, 0.3) is 5.91 Å². The van der Waals surface area contributed by atoms with Gasteiger partial charge in [0.15, 0.2) is 0 Å². The van der Waals surface area contributed by atoms with Crippen LogP contribution in [-0.4, -0.2) is 47.4 Å². The van der Waals surface area contributed by atoms with Crippen molar-refractivity contribution in [2.75, 3.05) is 18.9 Å². The van der Waals surface area contributed by atoms with Crippen molar-refractivity contribution in [2.24, 2.45) is 5.73 Å². The molecule has 0 aliphatic rings. The van der Waals surface area contributed by atoms with E-state index in [4.69, 9.17) is 10.8 Å². The molecule has 0 heterocycles. The Labute approximate surface area is 122 Å². The zero-order valence-corrected chi connectivity index (χ0v) is 12.0. The van der Waals surface area contributed by atoms with Crippen LogP contribution in [0.4, 0.5) is 5.69 Å². The summed E-state index contributed by atoms with van der Waals surface area (Å²) in [6.07, 6.45) is 0.386. The van der Waals surface area contributed by atoms with E-state index < -0.39 is 23.8 Å². The maximum Gasteiger partial charge on any atom is 0.320 e. The summed E-state index contributed by atoms with van der Waals surface area (Å²) in [5.41, 5.74) is 5.74. The Bertz CT molecular complexity index is 545. The third kappa shape index (κ3) is 4.57. The molecule has 0 spiro atoms. The second-order valence-corrected chi connectivity index (χ2v) is 4.64. The topological polar surface area (TPSA) is 113 Å². The van der Waals surface area contributed by atoms with Gasteiger partial charge in [0.2, 0.25) is 5.91 Å². The molecule has 0 saturated heterocycles. The first-order chi connectivity index (χ1) is 9.86. The molecule has 7 nitrogen and oxygen atoms in total. The molecule has 0 fully saturated rings. The van der Waals surface area contributed by atoms with Gasteiger partial charge in [0.1, 0.15) is 6.04 Å². The molecule has 7 heteroatoms. The fourth-order valence-corrected chi connectivity index (χ4v) is 2.01. The lowest BCUT2D eigenvalue weighted by molar-refractivity contribution is -0.143. The Balaban J connectivity index is 2.74. The van der Waals surface area contributed by atoms with Gasteiger partial charge in [0.05, 0.1) is 17.8 Å². The van der Waals surface area contributed by atoms with Gasteiger partial charge in [-0.1, -0.05) is 19.1 Å². The molecule has 1 rings (SSSR count). The number of nitrogens with two attached hydrogens (primary N) is 1. The first-order valence-electron chi connectivity index (χ1n) is 6.48. The number of anilines is 1. The predicted octanol–water partition coefficient (Wildman–Crippen LogP) is 0.519. The summed E-state index contributed by atoms with van der Waals surface area (Å²) in [4.78, 5) is 35.7. The van der Waals surface area contributed by atoms with Crippen molar-refractivity contribution in [3.63, 3.8) is 0 Å². The monoisotopic (exact) mass is 293 g/mol. The molecule has 1 unspecified atom stereocenters. The van der Waals surface area contributed by atoms with Crippen LogP contribution in [0, 0.1) is 0 Å². The second-order valence-electron chi connectivity index (χ2n) is 4.64. The number of primary amides is 1. The molecule has 0 radical (unpaired) electrons. The number of amides is 2. The van der Waals surface area contributed by atoms with Crippen molar-refractivity contribution in [1.82, 2.24) is 4.90 Å². The van der Waals surface area contributed by atoms with Crippen LogP contribution in [0.3, 0.4) is 0 Å². The molecule has 0 saturated carbocycles. The van der Waals surface area contributed by atoms with Gasteiger partial charge in [-0.15, -0.1) is 0 Å². The normalized spacial score (nSPS) is 12.0. The van der Waals surface area contributed by atoms with Gasteiger partial charge in [-0.25, -0.2) is 0 Å². The van der Waals surface area contributed by atoms with Crippen molar-refractivity contribution in [1.29, 1.82) is 0 Å². The quantitative estimate of drug-likeness (QED) is 0.678. The van der Waals surface area contributed by atoms with Crippen LogP contribution >= 0.6 is 0 Å². The third-order valence-electron chi connectivity index (χ3n) is 3.06. The smallest absolute Gasteiger partial charge is 0.320 e. The van der Waals surface area contributed by atoms with E-state index >= 15 is 0 Å². The minimum atomic E-state index is -0.981. The molecular formula is C14H19N3O4. The molecule has 114 valence electrons. The Morgan fingerprint density at radius 3 is 2.48 bits per heavy atom. The summed E-state index contributed by atoms with van der Waals surface area (Å²) in [5.74, 6) is -2.03. The third-order valence-corrected chi connectivity index (χ3v) is 3.06. The standard InChI is InChI=1S/C14H19N3O4/c1-3-11(14(20)21)17(2)8-12(18)16-10-7-5-4-6-9(10)13(15)19/h4-7,11H,3,8H2,1-2H3,(H2,15,19)(H,16,18)(H,20,21). The van der Waals surface area contributed by atoms with Crippen LogP contribution in [0.5, 0.6) is 0 Å². The number of rotatable bonds is 7. The predicted molar refractivity (Wildman–Crippen MR) is 77.9 cm³/mol. The van der Waals surface area contributed by atoms with Crippen LogP contribution in [0.1, 0.15) is 23.7 Å². The highest BCUT2D eigenvalue weighted by Gasteiger charge is 2.22. The Kier molecular flexibility index (Phi) is 5.86. The van der Waals surface area contributed by atoms with Crippen LogP contribution in [0.25, 0.3) is 0 Å². The molecule has 0 aliphatic heterocycles. The Morgan fingerprint density at radius 2 is 1.95 bits per heavy atom. The lowest BCUT2D eigenvalue weighted by Gasteiger charge is -2.22. The van der Waals surface area contributed by atoms with Crippen molar-refractivity contribution in [2.45, 2.75) is 19.4 Å². The van der Waals surface area contributed by atoms with Gasteiger partial charge in [-0.2, -0.15) is 0 Å². The largest absolute Gasteiger partial charge is 0.480 e. The number of hydrogen-bond acceptors (Lipinski definition) is 4. The fraction of sp³-hybridized carbons (Fsp3) is 0.357. The number of para-hydroxylation sites is 1. The van der Waals surface area contributed by atoms with Gasteiger partial charge in [-0.05, 0) is 25.6 Å². The van der Waals surface area contributed by atoms with E-state index in [0.29, 0.717) is 12.1 Å². The number of carbonyl (C=O) groups excluding carboxylic acids is 2. The summed E-state index contributed by atoms with van der Waals surface area (Å²) in [7, 11) is 1.56. The number of nitrogens with zero attached hydrogens (tertiary/aromatic N) is 1. The molecule has 1 aromatic rings. The lowest BCUT2D eigenvalue weighted by Crippen LogP contribution is -2.42.